The topological polar surface area (TPSA) is 66.5 Å². The summed E-state index contributed by atoms with van der Waals surface area (Å²) in [6.45, 7) is 0.627. The van der Waals surface area contributed by atoms with E-state index in [1.165, 1.54) is 22.5 Å². The molecule has 1 atom stereocenters. The first-order valence-corrected chi connectivity index (χ1v) is 11.8. The molecule has 0 aliphatic carbocycles. The molecule has 0 saturated carbocycles. The van der Waals surface area contributed by atoms with Crippen molar-refractivity contribution < 1.29 is 13.2 Å². The maximum atomic E-state index is 13.0. The summed E-state index contributed by atoms with van der Waals surface area (Å²) in [5.41, 5.74) is 0.732. The van der Waals surface area contributed by atoms with E-state index in [9.17, 15) is 13.2 Å². The highest BCUT2D eigenvalue weighted by Gasteiger charge is 2.34. The van der Waals surface area contributed by atoms with Crippen LogP contribution < -0.4 is 5.32 Å². The highest BCUT2D eigenvalue weighted by Crippen LogP contribution is 2.30. The summed E-state index contributed by atoms with van der Waals surface area (Å²) in [6, 6.07) is 9.33. The Balaban J connectivity index is 1.69. The van der Waals surface area contributed by atoms with E-state index in [1.807, 2.05) is 0 Å². The molecule has 1 saturated heterocycles. The molecular formula is C19H18Cl4N2O3S. The summed E-state index contributed by atoms with van der Waals surface area (Å²) in [6.07, 6.45) is 1.16. The Kier molecular flexibility index (Phi) is 7.36. The van der Waals surface area contributed by atoms with Gasteiger partial charge in [0, 0.05) is 34.7 Å². The highest BCUT2D eigenvalue weighted by molar-refractivity contribution is 7.89. The number of rotatable bonds is 5. The second-order valence-corrected chi connectivity index (χ2v) is 10.3. The van der Waals surface area contributed by atoms with Crippen molar-refractivity contribution in [3.8, 4) is 0 Å². The Hall–Kier alpha value is -1.02. The monoisotopic (exact) mass is 494 g/mol. The lowest BCUT2D eigenvalue weighted by molar-refractivity contribution is -0.126. The minimum Gasteiger partial charge on any atom is -0.352 e. The van der Waals surface area contributed by atoms with Crippen molar-refractivity contribution in [1.29, 1.82) is 0 Å². The molecule has 0 radical (unpaired) electrons. The SMILES string of the molecule is O=C(NCc1ccc(Cl)cc1Cl)[C@@H]1CCCN(S(=O)(=O)c2cc(Cl)ccc2Cl)C1. The van der Waals surface area contributed by atoms with Crippen LogP contribution in [0.25, 0.3) is 0 Å². The smallest absolute Gasteiger partial charge is 0.244 e. The Bertz CT molecular complexity index is 1030. The van der Waals surface area contributed by atoms with E-state index < -0.39 is 15.9 Å². The average Bonchev–Trinajstić information content (AvgIpc) is 2.69. The first-order chi connectivity index (χ1) is 13.7. The van der Waals surface area contributed by atoms with E-state index in [0.29, 0.717) is 29.4 Å². The molecule has 0 spiro atoms. The standard InChI is InChI=1S/C19H18Cl4N2O3S/c20-14-4-3-12(17(23)8-14)10-24-19(26)13-2-1-7-25(11-13)29(27,28)18-9-15(21)5-6-16(18)22/h3-6,8-9,13H,1-2,7,10-11H2,(H,24,26)/t13-/m1/s1. The Morgan fingerprint density at radius 1 is 1.03 bits per heavy atom. The van der Waals surface area contributed by atoms with Crippen LogP contribution in [0.1, 0.15) is 18.4 Å². The van der Waals surface area contributed by atoms with Gasteiger partial charge in [0.05, 0.1) is 10.9 Å². The molecule has 1 aliphatic heterocycles. The number of carbonyl (C=O) groups is 1. The predicted molar refractivity (Wildman–Crippen MR) is 116 cm³/mol. The van der Waals surface area contributed by atoms with Crippen molar-refractivity contribution in [3.05, 3.63) is 62.1 Å². The lowest BCUT2D eigenvalue weighted by Crippen LogP contribution is -2.45. The number of halogens is 4. The van der Waals surface area contributed by atoms with Gasteiger partial charge in [0.15, 0.2) is 0 Å². The maximum absolute atomic E-state index is 13.0. The van der Waals surface area contributed by atoms with Gasteiger partial charge in [-0.05, 0) is 48.7 Å². The van der Waals surface area contributed by atoms with Gasteiger partial charge in [-0.15, -0.1) is 0 Å². The maximum Gasteiger partial charge on any atom is 0.244 e. The summed E-state index contributed by atoms with van der Waals surface area (Å²) < 4.78 is 27.3. The van der Waals surface area contributed by atoms with E-state index >= 15 is 0 Å². The molecule has 0 unspecified atom stereocenters. The van der Waals surface area contributed by atoms with E-state index in [4.69, 9.17) is 46.4 Å². The zero-order chi connectivity index (χ0) is 21.2. The fraction of sp³-hybridized carbons (Fsp3) is 0.316. The number of hydrogen-bond acceptors (Lipinski definition) is 3. The quantitative estimate of drug-likeness (QED) is 0.633. The molecule has 2 aromatic rings. The molecule has 5 nitrogen and oxygen atoms in total. The third-order valence-corrected chi connectivity index (χ3v) is 7.90. The summed E-state index contributed by atoms with van der Waals surface area (Å²) in [4.78, 5) is 12.6. The molecule has 156 valence electrons. The molecule has 0 bridgehead atoms. The van der Waals surface area contributed by atoms with Gasteiger partial charge < -0.3 is 5.32 Å². The molecule has 1 heterocycles. The number of nitrogens with zero attached hydrogens (tertiary/aromatic N) is 1. The number of amides is 1. The van der Waals surface area contributed by atoms with Crippen molar-refractivity contribution in [2.45, 2.75) is 24.3 Å². The lowest BCUT2D eigenvalue weighted by Gasteiger charge is -2.31. The van der Waals surface area contributed by atoms with Crippen LogP contribution in [0.5, 0.6) is 0 Å². The molecule has 1 amide bonds. The Morgan fingerprint density at radius 3 is 2.45 bits per heavy atom. The summed E-state index contributed by atoms with van der Waals surface area (Å²) in [5.74, 6) is -0.698. The van der Waals surface area contributed by atoms with Gasteiger partial charge in [-0.2, -0.15) is 4.31 Å². The summed E-state index contributed by atoms with van der Waals surface area (Å²) in [7, 11) is -3.86. The number of sulfonamides is 1. The van der Waals surface area contributed by atoms with Crippen LogP contribution in [0.4, 0.5) is 0 Å². The van der Waals surface area contributed by atoms with Crippen molar-refractivity contribution >= 4 is 62.3 Å². The number of hydrogen-bond donors (Lipinski definition) is 1. The zero-order valence-electron chi connectivity index (χ0n) is 15.2. The van der Waals surface area contributed by atoms with Crippen molar-refractivity contribution in [2.75, 3.05) is 13.1 Å². The van der Waals surface area contributed by atoms with E-state index in [0.717, 1.165) is 5.56 Å². The Labute approximate surface area is 189 Å². The van der Waals surface area contributed by atoms with E-state index in [1.54, 1.807) is 18.2 Å². The van der Waals surface area contributed by atoms with E-state index in [-0.39, 0.29) is 33.9 Å². The van der Waals surface area contributed by atoms with Crippen LogP contribution in [0, 0.1) is 5.92 Å². The van der Waals surface area contributed by atoms with E-state index in [2.05, 4.69) is 5.32 Å². The van der Waals surface area contributed by atoms with Gasteiger partial charge in [0.1, 0.15) is 4.90 Å². The van der Waals surface area contributed by atoms with Gasteiger partial charge in [0.25, 0.3) is 0 Å². The highest BCUT2D eigenvalue weighted by atomic mass is 35.5. The summed E-state index contributed by atoms with van der Waals surface area (Å²) in [5, 5.41) is 4.17. The van der Waals surface area contributed by atoms with Gasteiger partial charge >= 0.3 is 0 Å². The molecule has 10 heteroatoms. The third-order valence-electron chi connectivity index (χ3n) is 4.73. The molecule has 3 rings (SSSR count). The van der Waals surface area contributed by atoms with Crippen LogP contribution in [0.15, 0.2) is 41.3 Å². The number of carbonyl (C=O) groups excluding carboxylic acids is 1. The van der Waals surface area contributed by atoms with Crippen LogP contribution >= 0.6 is 46.4 Å². The molecular weight excluding hydrogens is 478 g/mol. The van der Waals surface area contributed by atoms with Crippen LogP contribution in [0.2, 0.25) is 20.1 Å². The normalized spacial score (nSPS) is 17.9. The van der Waals surface area contributed by atoms with Gasteiger partial charge in [0.2, 0.25) is 15.9 Å². The first kappa shape index (κ1) is 22.7. The number of benzene rings is 2. The minimum absolute atomic E-state index is 0.0549. The molecule has 1 aliphatic rings. The number of nitrogens with one attached hydrogen (secondary N) is 1. The Morgan fingerprint density at radius 2 is 1.72 bits per heavy atom. The fourth-order valence-electron chi connectivity index (χ4n) is 3.18. The largest absolute Gasteiger partial charge is 0.352 e. The first-order valence-electron chi connectivity index (χ1n) is 8.85. The van der Waals surface area contributed by atoms with Crippen molar-refractivity contribution in [3.63, 3.8) is 0 Å². The molecule has 1 fully saturated rings. The molecule has 0 aromatic heterocycles. The van der Waals surface area contributed by atoms with Gasteiger partial charge in [-0.1, -0.05) is 52.5 Å². The predicted octanol–water partition coefficient (Wildman–Crippen LogP) is 5.02. The van der Waals surface area contributed by atoms with Crippen LogP contribution in [-0.4, -0.2) is 31.7 Å². The van der Waals surface area contributed by atoms with Crippen molar-refractivity contribution in [1.82, 2.24) is 9.62 Å². The minimum atomic E-state index is -3.86. The van der Waals surface area contributed by atoms with Gasteiger partial charge in [-0.25, -0.2) is 8.42 Å². The second-order valence-electron chi connectivity index (χ2n) is 6.73. The average molecular weight is 496 g/mol. The summed E-state index contributed by atoms with van der Waals surface area (Å²) >= 11 is 24.0. The van der Waals surface area contributed by atoms with Crippen LogP contribution in [0.3, 0.4) is 0 Å². The third kappa shape index (κ3) is 5.37. The second kappa shape index (κ2) is 9.41. The van der Waals surface area contributed by atoms with Crippen LogP contribution in [-0.2, 0) is 21.4 Å². The zero-order valence-corrected chi connectivity index (χ0v) is 19.0. The molecule has 2 aromatic carbocycles. The fourth-order valence-corrected chi connectivity index (χ4v) is 5.92. The molecule has 1 N–H and O–H groups in total. The number of piperidine rings is 1. The van der Waals surface area contributed by atoms with Crippen molar-refractivity contribution in [2.24, 2.45) is 5.92 Å². The molecule has 29 heavy (non-hydrogen) atoms. The van der Waals surface area contributed by atoms with Gasteiger partial charge in [-0.3, -0.25) is 4.79 Å². The lowest BCUT2D eigenvalue weighted by atomic mass is 9.99.